The summed E-state index contributed by atoms with van der Waals surface area (Å²) >= 11 is 8.76. The third kappa shape index (κ3) is 1.29. The minimum absolute atomic E-state index is 0.486. The van der Waals surface area contributed by atoms with E-state index in [-0.39, 0.29) is 0 Å². The molecular weight excluding hydrogens is 191 g/mol. The minimum atomic E-state index is 0.486. The summed E-state index contributed by atoms with van der Waals surface area (Å²) in [6, 6.07) is 1.99. The molecule has 0 atom stereocenters. The monoisotopic (exact) mass is 196 g/mol. The van der Waals surface area contributed by atoms with Crippen molar-refractivity contribution in [2.45, 2.75) is 8.66 Å². The van der Waals surface area contributed by atoms with Crippen molar-refractivity contribution in [3.8, 4) is 0 Å². The molecule has 0 aromatic carbocycles. The molecule has 1 rings (SSSR count). The van der Waals surface area contributed by atoms with E-state index < -0.39 is 0 Å². The molecule has 1 aromatic heterocycles. The van der Waals surface area contributed by atoms with Crippen LogP contribution in [0.3, 0.4) is 0 Å². The maximum atomic E-state index is 4.16. The molecule has 0 radical (unpaired) electrons. The van der Waals surface area contributed by atoms with Crippen molar-refractivity contribution in [2.24, 2.45) is 0 Å². The summed E-state index contributed by atoms with van der Waals surface area (Å²) in [6.45, 7) is 0. The molecule has 0 unspecified atom stereocenters. The van der Waals surface area contributed by atoms with Crippen molar-refractivity contribution in [3.05, 3.63) is 11.0 Å². The van der Waals surface area contributed by atoms with E-state index in [1.807, 2.05) is 6.07 Å². The second kappa shape index (κ2) is 2.31. The Morgan fingerprint density at radius 3 is 2.29 bits per heavy atom. The Kier molecular flexibility index (Phi) is 1.93. The second-order valence-electron chi connectivity index (χ2n) is 1.11. The fourth-order valence-electron chi connectivity index (χ4n) is 0.295. The van der Waals surface area contributed by atoms with Crippen molar-refractivity contribution >= 4 is 39.8 Å². The number of rotatable bonds is 0. The average Bonchev–Trinajstić information content (AvgIpc) is 1.91. The molecule has 0 saturated carbocycles. The van der Waals surface area contributed by atoms with Gasteiger partial charge in [0, 0.05) is 0 Å². The summed E-state index contributed by atoms with van der Waals surface area (Å²) in [5.41, 5.74) is 0. The van der Waals surface area contributed by atoms with Gasteiger partial charge in [0.15, 0.2) is 0 Å². The van der Waals surface area contributed by atoms with Crippen molar-refractivity contribution in [1.82, 2.24) is 0 Å². The molecule has 0 bridgehead atoms. The SMILES string of the molecule is Sc1cc[se]c1S. The first-order valence-electron chi connectivity index (χ1n) is 1.76. The molecule has 38 valence electrons. The predicted octanol–water partition coefficient (Wildman–Crippen LogP) is 1.32. The Balaban J connectivity index is 3.12. The van der Waals surface area contributed by atoms with Crippen molar-refractivity contribution in [1.29, 1.82) is 0 Å². The summed E-state index contributed by atoms with van der Waals surface area (Å²) in [5.74, 6) is 0. The van der Waals surface area contributed by atoms with Gasteiger partial charge in [-0.2, -0.15) is 0 Å². The molecule has 0 N–H and O–H groups in total. The maximum absolute atomic E-state index is 4.16. The van der Waals surface area contributed by atoms with Crippen LogP contribution in [0.2, 0.25) is 0 Å². The van der Waals surface area contributed by atoms with Gasteiger partial charge in [0.2, 0.25) is 0 Å². The number of hydrogen-bond donors (Lipinski definition) is 2. The fraction of sp³-hybridized carbons (Fsp3) is 0. The average molecular weight is 195 g/mol. The van der Waals surface area contributed by atoms with Gasteiger partial charge in [-0.15, -0.1) is 0 Å². The number of hydrogen-bond acceptors (Lipinski definition) is 2. The van der Waals surface area contributed by atoms with Crippen LogP contribution in [0.4, 0.5) is 0 Å². The van der Waals surface area contributed by atoms with E-state index in [1.165, 1.54) is 0 Å². The summed E-state index contributed by atoms with van der Waals surface area (Å²) < 4.78 is 1.14. The standard InChI is InChI=1S/C4H4S2Se/c5-3-1-2-7-4(3)6/h1-2,5-6H. The predicted molar refractivity (Wildman–Crippen MR) is 37.9 cm³/mol. The summed E-state index contributed by atoms with van der Waals surface area (Å²) in [6.07, 6.45) is 0. The van der Waals surface area contributed by atoms with E-state index in [4.69, 9.17) is 0 Å². The Morgan fingerprint density at radius 2 is 2.14 bits per heavy atom. The normalized spacial score (nSPS) is 9.43. The summed E-state index contributed by atoms with van der Waals surface area (Å²) in [5, 5.41) is 0. The first-order valence-corrected chi connectivity index (χ1v) is 4.50. The zero-order chi connectivity index (χ0) is 5.28. The molecule has 0 nitrogen and oxygen atoms in total. The first-order chi connectivity index (χ1) is 3.30. The van der Waals surface area contributed by atoms with Gasteiger partial charge in [-0.1, -0.05) is 0 Å². The van der Waals surface area contributed by atoms with E-state index in [0.29, 0.717) is 14.5 Å². The molecule has 0 saturated heterocycles. The molecule has 3 heteroatoms. The third-order valence-corrected chi connectivity index (χ3v) is 3.80. The molecular formula is C4H4S2Se. The van der Waals surface area contributed by atoms with Gasteiger partial charge in [0.05, 0.1) is 0 Å². The Bertz CT molecular complexity index is 142. The quantitative estimate of drug-likeness (QED) is 0.452. The van der Waals surface area contributed by atoms with Crippen LogP contribution < -0.4 is 0 Å². The zero-order valence-electron chi connectivity index (χ0n) is 3.46. The molecule has 1 aromatic rings. The summed E-state index contributed by atoms with van der Waals surface area (Å²) in [7, 11) is 0. The van der Waals surface area contributed by atoms with Crippen LogP contribution in [0, 0.1) is 0 Å². The third-order valence-electron chi connectivity index (χ3n) is 0.625. The van der Waals surface area contributed by atoms with Crippen LogP contribution in [0.5, 0.6) is 0 Å². The molecule has 0 spiro atoms. The van der Waals surface area contributed by atoms with Gasteiger partial charge in [-0.3, -0.25) is 0 Å². The van der Waals surface area contributed by atoms with Crippen LogP contribution in [0.15, 0.2) is 19.7 Å². The van der Waals surface area contributed by atoms with Gasteiger partial charge < -0.3 is 0 Å². The Labute approximate surface area is 59.5 Å². The first kappa shape index (κ1) is 5.83. The van der Waals surface area contributed by atoms with Crippen molar-refractivity contribution < 1.29 is 0 Å². The molecule has 0 aliphatic heterocycles. The Morgan fingerprint density at radius 1 is 1.43 bits per heavy atom. The molecule has 0 amide bonds. The van der Waals surface area contributed by atoms with Gasteiger partial charge in [0.1, 0.15) is 0 Å². The van der Waals surface area contributed by atoms with E-state index in [2.05, 4.69) is 30.2 Å². The summed E-state index contributed by atoms with van der Waals surface area (Å²) in [4.78, 5) is 3.14. The van der Waals surface area contributed by atoms with E-state index in [1.54, 1.807) is 0 Å². The molecule has 0 aliphatic carbocycles. The van der Waals surface area contributed by atoms with E-state index in [0.717, 1.165) is 8.66 Å². The molecule has 0 aliphatic rings. The van der Waals surface area contributed by atoms with Crippen LogP contribution in [-0.4, -0.2) is 14.5 Å². The van der Waals surface area contributed by atoms with Gasteiger partial charge in [0.25, 0.3) is 0 Å². The fourth-order valence-corrected chi connectivity index (χ4v) is 2.36. The topological polar surface area (TPSA) is 0 Å². The molecule has 1 heterocycles. The van der Waals surface area contributed by atoms with Crippen molar-refractivity contribution in [3.63, 3.8) is 0 Å². The molecule has 7 heavy (non-hydrogen) atoms. The van der Waals surface area contributed by atoms with E-state index in [9.17, 15) is 0 Å². The second-order valence-corrected chi connectivity index (χ2v) is 4.64. The van der Waals surface area contributed by atoms with Gasteiger partial charge in [-0.25, -0.2) is 0 Å². The van der Waals surface area contributed by atoms with Crippen molar-refractivity contribution in [2.75, 3.05) is 0 Å². The van der Waals surface area contributed by atoms with E-state index >= 15 is 0 Å². The molecule has 0 fully saturated rings. The van der Waals surface area contributed by atoms with Crippen LogP contribution in [0.25, 0.3) is 0 Å². The van der Waals surface area contributed by atoms with Gasteiger partial charge in [-0.05, 0) is 0 Å². The Hall–Kier alpha value is 0.699. The van der Waals surface area contributed by atoms with Gasteiger partial charge >= 0.3 is 59.4 Å². The van der Waals surface area contributed by atoms with Crippen LogP contribution >= 0.6 is 25.3 Å². The van der Waals surface area contributed by atoms with Crippen LogP contribution in [0.1, 0.15) is 0 Å². The van der Waals surface area contributed by atoms with Crippen LogP contribution in [-0.2, 0) is 0 Å². The zero-order valence-corrected chi connectivity index (χ0v) is 6.96. The number of thiol groups is 2.